The molecule has 2 aromatic rings. The molecule has 0 radical (unpaired) electrons. The average molecular weight is 256 g/mol. The van der Waals surface area contributed by atoms with E-state index >= 15 is 0 Å². The van der Waals surface area contributed by atoms with Crippen molar-refractivity contribution < 1.29 is 9.90 Å². The van der Waals surface area contributed by atoms with Crippen molar-refractivity contribution in [1.29, 1.82) is 0 Å². The van der Waals surface area contributed by atoms with Gasteiger partial charge in [-0.15, -0.1) is 0 Å². The minimum atomic E-state index is -1.02. The first-order valence-electron chi connectivity index (χ1n) is 5.62. The third-order valence-corrected chi connectivity index (χ3v) is 2.88. The molecular formula is C13H12N4O2. The number of hydrogen-bond acceptors (Lipinski definition) is 2. The molecule has 1 aromatic heterocycles. The molecule has 0 atom stereocenters. The molecule has 6 nitrogen and oxygen atoms in total. The normalized spacial score (nSPS) is 10.0. The van der Waals surface area contributed by atoms with E-state index in [0.717, 1.165) is 11.4 Å². The summed E-state index contributed by atoms with van der Waals surface area (Å²) < 4.78 is 1.82. The number of nitrogens with zero attached hydrogens (tertiary/aromatic N) is 4. The topological polar surface area (TPSA) is 91.0 Å². The number of benzene rings is 1. The number of aromatic nitrogens is 1. The summed E-state index contributed by atoms with van der Waals surface area (Å²) in [5.74, 6) is -1.02. The fourth-order valence-electron chi connectivity index (χ4n) is 2.05. The van der Waals surface area contributed by atoms with E-state index in [0.29, 0.717) is 11.4 Å². The molecule has 0 unspecified atom stereocenters. The second kappa shape index (κ2) is 4.88. The lowest BCUT2D eigenvalue weighted by Gasteiger charge is -2.13. The largest absolute Gasteiger partial charge is 0.478 e. The van der Waals surface area contributed by atoms with Crippen LogP contribution >= 0.6 is 0 Å². The van der Waals surface area contributed by atoms with Gasteiger partial charge in [0.25, 0.3) is 0 Å². The van der Waals surface area contributed by atoms with Gasteiger partial charge in [-0.25, -0.2) is 4.79 Å². The minimum absolute atomic E-state index is 0.166. The van der Waals surface area contributed by atoms with Crippen LogP contribution in [0.4, 0.5) is 5.69 Å². The first-order chi connectivity index (χ1) is 9.04. The van der Waals surface area contributed by atoms with Gasteiger partial charge in [-0.3, -0.25) is 0 Å². The number of aryl methyl sites for hydroxylation is 2. The van der Waals surface area contributed by atoms with Gasteiger partial charge in [-0.2, -0.15) is 0 Å². The van der Waals surface area contributed by atoms with E-state index < -0.39 is 5.97 Å². The first-order valence-corrected chi connectivity index (χ1v) is 5.62. The van der Waals surface area contributed by atoms with Gasteiger partial charge in [0.1, 0.15) is 0 Å². The van der Waals surface area contributed by atoms with E-state index in [1.807, 2.05) is 30.5 Å². The molecule has 96 valence electrons. The van der Waals surface area contributed by atoms with Crippen LogP contribution in [0.5, 0.6) is 0 Å². The summed E-state index contributed by atoms with van der Waals surface area (Å²) in [6.45, 7) is 3.78. The molecule has 0 saturated heterocycles. The molecule has 0 amide bonds. The van der Waals surface area contributed by atoms with Gasteiger partial charge < -0.3 is 9.67 Å². The zero-order valence-electron chi connectivity index (χ0n) is 10.5. The van der Waals surface area contributed by atoms with Crippen LogP contribution in [0.25, 0.3) is 16.1 Å². The van der Waals surface area contributed by atoms with Crippen molar-refractivity contribution in [3.63, 3.8) is 0 Å². The highest BCUT2D eigenvalue weighted by Gasteiger charge is 2.14. The zero-order valence-corrected chi connectivity index (χ0v) is 10.5. The number of carbonyl (C=O) groups is 1. The Morgan fingerprint density at radius 3 is 2.42 bits per heavy atom. The smallest absolute Gasteiger partial charge is 0.337 e. The Balaban J connectivity index is 2.75. The van der Waals surface area contributed by atoms with Crippen LogP contribution in [0.1, 0.15) is 21.7 Å². The molecule has 1 N–H and O–H groups in total. The number of carboxylic acid groups (broad SMARTS) is 1. The van der Waals surface area contributed by atoms with E-state index in [1.165, 1.54) is 12.1 Å². The maximum atomic E-state index is 11.3. The summed E-state index contributed by atoms with van der Waals surface area (Å²) >= 11 is 0. The van der Waals surface area contributed by atoms with E-state index in [2.05, 4.69) is 10.0 Å². The van der Waals surface area contributed by atoms with Crippen LogP contribution in [-0.2, 0) is 0 Å². The summed E-state index contributed by atoms with van der Waals surface area (Å²) in [6.07, 6.45) is 0. The van der Waals surface area contributed by atoms with Crippen molar-refractivity contribution in [3.8, 4) is 5.69 Å². The van der Waals surface area contributed by atoms with Gasteiger partial charge >= 0.3 is 5.97 Å². The molecule has 1 aromatic carbocycles. The lowest BCUT2D eigenvalue weighted by molar-refractivity contribution is 0.0697. The Morgan fingerprint density at radius 1 is 1.26 bits per heavy atom. The number of azide groups is 1. The van der Waals surface area contributed by atoms with Crippen molar-refractivity contribution in [2.45, 2.75) is 13.8 Å². The van der Waals surface area contributed by atoms with Crippen molar-refractivity contribution in [2.75, 3.05) is 0 Å². The standard InChI is InChI=1S/C13H12N4O2/c1-8-3-4-9(2)17(8)12-7-10(15-16-14)5-6-11(12)13(18)19/h3-7H,1-2H3,(H,18,19). The minimum Gasteiger partial charge on any atom is -0.478 e. The average Bonchev–Trinajstić information content (AvgIpc) is 2.69. The second-order valence-corrected chi connectivity index (χ2v) is 4.15. The molecule has 6 heteroatoms. The SMILES string of the molecule is Cc1ccc(C)n1-c1cc(N=[N+]=[N-])ccc1C(=O)O. The lowest BCUT2D eigenvalue weighted by Crippen LogP contribution is -2.07. The van der Waals surface area contributed by atoms with Crippen LogP contribution in [0.2, 0.25) is 0 Å². The Labute approximate surface area is 109 Å². The number of hydrogen-bond donors (Lipinski definition) is 1. The second-order valence-electron chi connectivity index (χ2n) is 4.15. The maximum Gasteiger partial charge on any atom is 0.337 e. The molecule has 2 rings (SSSR count). The first kappa shape index (κ1) is 12.7. The molecule has 0 saturated carbocycles. The molecule has 0 aliphatic heterocycles. The van der Waals surface area contributed by atoms with Gasteiger partial charge in [0.15, 0.2) is 0 Å². The van der Waals surface area contributed by atoms with Crippen LogP contribution in [0, 0.1) is 13.8 Å². The van der Waals surface area contributed by atoms with Crippen molar-refractivity contribution in [1.82, 2.24) is 4.57 Å². The van der Waals surface area contributed by atoms with E-state index in [1.54, 1.807) is 6.07 Å². The predicted molar refractivity (Wildman–Crippen MR) is 71.0 cm³/mol. The molecule has 1 heterocycles. The fraction of sp³-hybridized carbons (Fsp3) is 0.154. The molecule has 19 heavy (non-hydrogen) atoms. The maximum absolute atomic E-state index is 11.3. The van der Waals surface area contributed by atoms with Crippen molar-refractivity contribution in [3.05, 3.63) is 57.7 Å². The summed E-state index contributed by atoms with van der Waals surface area (Å²) in [7, 11) is 0. The molecule has 0 spiro atoms. The lowest BCUT2D eigenvalue weighted by atomic mass is 10.1. The summed E-state index contributed by atoms with van der Waals surface area (Å²) in [6, 6.07) is 8.31. The molecule has 0 aliphatic rings. The van der Waals surface area contributed by atoms with Gasteiger partial charge in [-0.05, 0) is 43.6 Å². The number of aromatic carboxylic acids is 1. The third kappa shape index (κ3) is 2.29. The van der Waals surface area contributed by atoms with E-state index in [4.69, 9.17) is 5.53 Å². The fourth-order valence-corrected chi connectivity index (χ4v) is 2.05. The Bertz CT molecular complexity index is 677. The number of carboxylic acids is 1. The van der Waals surface area contributed by atoms with Crippen LogP contribution in [0.15, 0.2) is 35.4 Å². The molecule has 0 bridgehead atoms. The third-order valence-electron chi connectivity index (χ3n) is 2.88. The summed E-state index contributed by atoms with van der Waals surface area (Å²) in [4.78, 5) is 14.0. The quantitative estimate of drug-likeness (QED) is 0.514. The monoisotopic (exact) mass is 256 g/mol. The van der Waals surface area contributed by atoms with Gasteiger partial charge in [0.05, 0.1) is 11.3 Å². The van der Waals surface area contributed by atoms with Crippen LogP contribution < -0.4 is 0 Å². The summed E-state index contributed by atoms with van der Waals surface area (Å²) in [5.41, 5.74) is 11.3. The van der Waals surface area contributed by atoms with Crippen LogP contribution in [-0.4, -0.2) is 15.6 Å². The van der Waals surface area contributed by atoms with Gasteiger partial charge in [-0.1, -0.05) is 11.2 Å². The highest BCUT2D eigenvalue weighted by molar-refractivity contribution is 5.92. The summed E-state index contributed by atoms with van der Waals surface area (Å²) in [5, 5.41) is 12.8. The Kier molecular flexibility index (Phi) is 3.27. The van der Waals surface area contributed by atoms with Gasteiger partial charge in [0, 0.05) is 22.0 Å². The molecule has 0 fully saturated rings. The highest BCUT2D eigenvalue weighted by atomic mass is 16.4. The Morgan fingerprint density at radius 2 is 1.89 bits per heavy atom. The predicted octanol–water partition coefficient (Wildman–Crippen LogP) is 3.73. The molecular weight excluding hydrogens is 244 g/mol. The van der Waals surface area contributed by atoms with E-state index in [9.17, 15) is 9.90 Å². The van der Waals surface area contributed by atoms with Crippen LogP contribution in [0.3, 0.4) is 0 Å². The highest BCUT2D eigenvalue weighted by Crippen LogP contribution is 2.25. The van der Waals surface area contributed by atoms with E-state index in [-0.39, 0.29) is 5.56 Å². The molecule has 0 aliphatic carbocycles. The van der Waals surface area contributed by atoms with Gasteiger partial charge in [0.2, 0.25) is 0 Å². The van der Waals surface area contributed by atoms with Crippen molar-refractivity contribution in [2.24, 2.45) is 5.11 Å². The van der Waals surface area contributed by atoms with Crippen molar-refractivity contribution >= 4 is 11.7 Å². The Hall–Kier alpha value is -2.72. The zero-order chi connectivity index (χ0) is 14.0. The number of rotatable bonds is 3.